The molecule has 0 aliphatic heterocycles. The van der Waals surface area contributed by atoms with Crippen LogP contribution in [0.15, 0.2) is 18.5 Å². The third-order valence-corrected chi connectivity index (χ3v) is 1.49. The van der Waals surface area contributed by atoms with E-state index in [-0.39, 0.29) is 0 Å². The second-order valence-corrected chi connectivity index (χ2v) is 3.09. The highest BCUT2D eigenvalue weighted by molar-refractivity contribution is 5.40. The van der Waals surface area contributed by atoms with E-state index in [0.29, 0.717) is 24.0 Å². The van der Waals surface area contributed by atoms with Crippen molar-refractivity contribution in [1.29, 1.82) is 0 Å². The largest absolute Gasteiger partial charge is 0.324 e. The highest BCUT2D eigenvalue weighted by Gasteiger charge is 2.05. The summed E-state index contributed by atoms with van der Waals surface area (Å²) < 4.78 is 0. The second-order valence-electron chi connectivity index (χ2n) is 3.09. The van der Waals surface area contributed by atoms with E-state index in [0.717, 1.165) is 0 Å². The van der Waals surface area contributed by atoms with Crippen LogP contribution in [0.4, 0.5) is 0 Å². The molecule has 6 nitrogen and oxygen atoms in total. The first kappa shape index (κ1) is 12.3. The van der Waals surface area contributed by atoms with Gasteiger partial charge in [-0.1, -0.05) is 20.3 Å². The Balaban J connectivity index is 0.000000386. The van der Waals surface area contributed by atoms with Gasteiger partial charge in [0.05, 0.1) is 6.54 Å². The number of nitrogens with one attached hydrogen (secondary N) is 1. The number of H-pyrrole nitrogens is 1. The summed E-state index contributed by atoms with van der Waals surface area (Å²) in [6.07, 6.45) is 4.53. The Morgan fingerprint density at radius 1 is 1.19 bits per heavy atom. The first-order valence-corrected chi connectivity index (χ1v) is 5.20. The van der Waals surface area contributed by atoms with Gasteiger partial charge >= 0.3 is 0 Å². The van der Waals surface area contributed by atoms with Crippen LogP contribution in [0.3, 0.4) is 0 Å². The fourth-order valence-electron chi connectivity index (χ4n) is 0.901. The van der Waals surface area contributed by atoms with Crippen molar-refractivity contribution in [1.82, 2.24) is 25.1 Å². The van der Waals surface area contributed by atoms with E-state index in [1.807, 2.05) is 0 Å². The van der Waals surface area contributed by atoms with Crippen LogP contribution in [0.25, 0.3) is 11.6 Å². The summed E-state index contributed by atoms with van der Waals surface area (Å²) in [6, 6.07) is 1.74. The maximum Gasteiger partial charge on any atom is 0.219 e. The van der Waals surface area contributed by atoms with E-state index >= 15 is 0 Å². The second kappa shape index (κ2) is 6.62. The molecular formula is C10H16N6. The minimum atomic E-state index is 0.333. The van der Waals surface area contributed by atoms with Crippen LogP contribution in [0.1, 0.15) is 26.1 Å². The van der Waals surface area contributed by atoms with Crippen LogP contribution in [0.2, 0.25) is 0 Å². The molecule has 2 heterocycles. The van der Waals surface area contributed by atoms with Gasteiger partial charge in [-0.3, -0.25) is 5.10 Å². The number of aromatic amines is 1. The molecule has 0 unspecified atom stereocenters. The van der Waals surface area contributed by atoms with Crippen molar-refractivity contribution in [2.75, 3.05) is 0 Å². The lowest BCUT2D eigenvalue weighted by Gasteiger charge is -1.89. The maximum absolute atomic E-state index is 5.37. The molecule has 0 aliphatic rings. The Labute approximate surface area is 94.4 Å². The molecule has 0 aromatic carbocycles. The molecule has 0 bridgehead atoms. The van der Waals surface area contributed by atoms with E-state index in [4.69, 9.17) is 5.73 Å². The van der Waals surface area contributed by atoms with Gasteiger partial charge in [0.1, 0.15) is 5.82 Å². The molecule has 6 heteroatoms. The predicted molar refractivity (Wildman–Crippen MR) is 61.3 cm³/mol. The van der Waals surface area contributed by atoms with Crippen LogP contribution in [0, 0.1) is 0 Å². The van der Waals surface area contributed by atoms with Crippen molar-refractivity contribution in [2.45, 2.75) is 26.8 Å². The quantitative estimate of drug-likeness (QED) is 0.791. The molecule has 0 saturated carbocycles. The van der Waals surface area contributed by atoms with E-state index in [2.05, 4.69) is 39.0 Å². The van der Waals surface area contributed by atoms with E-state index in [9.17, 15) is 0 Å². The number of rotatable bonds is 2. The van der Waals surface area contributed by atoms with Gasteiger partial charge in [-0.05, 0) is 6.07 Å². The Morgan fingerprint density at radius 3 is 2.31 bits per heavy atom. The van der Waals surface area contributed by atoms with E-state index < -0.39 is 0 Å². The topological polar surface area (TPSA) is 93.4 Å². The summed E-state index contributed by atoms with van der Waals surface area (Å²) in [6.45, 7) is 4.58. The molecule has 3 N–H and O–H groups in total. The van der Waals surface area contributed by atoms with Gasteiger partial charge in [0.2, 0.25) is 5.82 Å². The van der Waals surface area contributed by atoms with Crippen molar-refractivity contribution in [2.24, 2.45) is 5.73 Å². The van der Waals surface area contributed by atoms with Gasteiger partial charge in [-0.2, -0.15) is 0 Å². The van der Waals surface area contributed by atoms with Gasteiger partial charge in [-0.25, -0.2) is 15.0 Å². The van der Waals surface area contributed by atoms with Crippen molar-refractivity contribution in [3.05, 3.63) is 24.3 Å². The minimum Gasteiger partial charge on any atom is -0.324 e. The lowest BCUT2D eigenvalue weighted by Crippen LogP contribution is -1.98. The summed E-state index contributed by atoms with van der Waals surface area (Å²) in [5, 5.41) is 6.60. The molecule has 2 aromatic rings. The number of hydrogen-bond donors (Lipinski definition) is 2. The lowest BCUT2D eigenvalue weighted by molar-refractivity contribution is 0.917. The summed E-state index contributed by atoms with van der Waals surface area (Å²) in [5.74, 6) is 1.60. The molecule has 2 rings (SSSR count). The Morgan fingerprint density at radius 2 is 1.81 bits per heavy atom. The van der Waals surface area contributed by atoms with Gasteiger partial charge in [-0.15, -0.1) is 5.10 Å². The molecule has 0 spiro atoms. The third-order valence-electron chi connectivity index (χ3n) is 1.49. The number of hydrogen-bond acceptors (Lipinski definition) is 5. The van der Waals surface area contributed by atoms with Crippen LogP contribution < -0.4 is 5.73 Å². The molecule has 0 radical (unpaired) electrons. The average Bonchev–Trinajstić information content (AvgIpc) is 2.80. The Kier molecular flexibility index (Phi) is 5.07. The molecule has 0 atom stereocenters. The molecule has 0 saturated heterocycles. The summed E-state index contributed by atoms with van der Waals surface area (Å²) in [5.41, 5.74) is 5.37. The Bertz CT molecular complexity index is 397. The van der Waals surface area contributed by atoms with Crippen molar-refractivity contribution >= 4 is 0 Å². The van der Waals surface area contributed by atoms with E-state index in [1.54, 1.807) is 18.5 Å². The summed E-state index contributed by atoms with van der Waals surface area (Å²) in [7, 11) is 0. The number of nitrogens with zero attached hydrogens (tertiary/aromatic N) is 4. The normalized spacial score (nSPS) is 9.44. The number of aromatic nitrogens is 5. The van der Waals surface area contributed by atoms with Crippen molar-refractivity contribution < 1.29 is 0 Å². The summed E-state index contributed by atoms with van der Waals surface area (Å²) in [4.78, 5) is 12.1. The Hall–Kier alpha value is -1.82. The minimum absolute atomic E-state index is 0.333. The fraction of sp³-hybridized carbons (Fsp3) is 0.400. The third kappa shape index (κ3) is 3.39. The smallest absolute Gasteiger partial charge is 0.219 e. The van der Waals surface area contributed by atoms with Gasteiger partial charge in [0, 0.05) is 12.4 Å². The first-order chi connectivity index (χ1) is 7.81. The highest BCUT2D eigenvalue weighted by Crippen LogP contribution is 2.05. The monoisotopic (exact) mass is 220 g/mol. The zero-order chi connectivity index (χ0) is 11.8. The summed E-state index contributed by atoms with van der Waals surface area (Å²) >= 11 is 0. The molecule has 2 aromatic heterocycles. The van der Waals surface area contributed by atoms with Crippen LogP contribution >= 0.6 is 0 Å². The SMILES string of the molecule is CCC.NCc1nc(-c2ncccn2)n[nH]1. The van der Waals surface area contributed by atoms with Crippen molar-refractivity contribution in [3.8, 4) is 11.6 Å². The van der Waals surface area contributed by atoms with Crippen LogP contribution in [0.5, 0.6) is 0 Å². The standard InChI is InChI=1S/C7H8N6.C3H8/c8-4-5-11-7(13-12-5)6-9-2-1-3-10-6;1-3-2/h1-3H,4,8H2,(H,11,12,13);3H2,1-2H3. The van der Waals surface area contributed by atoms with Crippen molar-refractivity contribution in [3.63, 3.8) is 0 Å². The fourth-order valence-corrected chi connectivity index (χ4v) is 0.901. The van der Waals surface area contributed by atoms with E-state index in [1.165, 1.54) is 6.42 Å². The molecule has 86 valence electrons. The molecule has 0 aliphatic carbocycles. The predicted octanol–water partition coefficient (Wildman–Crippen LogP) is 1.14. The molecule has 16 heavy (non-hydrogen) atoms. The highest BCUT2D eigenvalue weighted by atomic mass is 15.2. The van der Waals surface area contributed by atoms with Crippen LogP contribution in [-0.4, -0.2) is 25.1 Å². The van der Waals surface area contributed by atoms with Gasteiger partial charge < -0.3 is 5.73 Å². The average molecular weight is 220 g/mol. The number of nitrogens with two attached hydrogens (primary N) is 1. The van der Waals surface area contributed by atoms with Gasteiger partial charge in [0.15, 0.2) is 5.82 Å². The zero-order valence-corrected chi connectivity index (χ0v) is 9.51. The molecule has 0 amide bonds. The molecular weight excluding hydrogens is 204 g/mol. The molecule has 0 fully saturated rings. The maximum atomic E-state index is 5.37. The van der Waals surface area contributed by atoms with Crippen LogP contribution in [-0.2, 0) is 6.54 Å². The van der Waals surface area contributed by atoms with Gasteiger partial charge in [0.25, 0.3) is 0 Å². The first-order valence-electron chi connectivity index (χ1n) is 5.20. The zero-order valence-electron chi connectivity index (χ0n) is 9.51. The lowest BCUT2D eigenvalue weighted by atomic mass is 10.5.